The standard InChI is InChI=1S/C14H14N2O4/c1-3-6-20-11-5-4-9(8-12(11)19-2)7-10-13(17)16-14(18)15-10/h3-5,7-8H,1,6H2,2H3,(H2,15,16,17,18)/b10-7-. The predicted octanol–water partition coefficient (Wildman–Crippen LogP) is 1.44. The van der Waals surface area contributed by atoms with Gasteiger partial charge in [0, 0.05) is 0 Å². The summed E-state index contributed by atoms with van der Waals surface area (Å²) in [7, 11) is 1.52. The zero-order valence-corrected chi connectivity index (χ0v) is 10.9. The van der Waals surface area contributed by atoms with Crippen molar-refractivity contribution in [1.29, 1.82) is 0 Å². The molecule has 2 N–H and O–H groups in total. The van der Waals surface area contributed by atoms with Crippen molar-refractivity contribution in [3.05, 3.63) is 42.1 Å². The van der Waals surface area contributed by atoms with Crippen LogP contribution in [0.1, 0.15) is 5.56 Å². The molecule has 20 heavy (non-hydrogen) atoms. The van der Waals surface area contributed by atoms with Crippen LogP contribution in [0.2, 0.25) is 0 Å². The summed E-state index contributed by atoms with van der Waals surface area (Å²) in [5.74, 6) is 0.654. The first-order valence-corrected chi connectivity index (χ1v) is 5.90. The van der Waals surface area contributed by atoms with Gasteiger partial charge in [-0.2, -0.15) is 0 Å². The molecule has 6 heteroatoms. The fourth-order valence-electron chi connectivity index (χ4n) is 1.69. The molecule has 0 radical (unpaired) electrons. The third-order valence-corrected chi connectivity index (χ3v) is 2.58. The van der Waals surface area contributed by atoms with E-state index in [4.69, 9.17) is 9.47 Å². The molecule has 1 fully saturated rings. The lowest BCUT2D eigenvalue weighted by Gasteiger charge is -2.09. The molecule has 3 amide bonds. The molecule has 1 aromatic carbocycles. The number of urea groups is 1. The van der Waals surface area contributed by atoms with Crippen molar-refractivity contribution in [2.45, 2.75) is 0 Å². The first-order chi connectivity index (χ1) is 9.63. The zero-order chi connectivity index (χ0) is 14.5. The summed E-state index contributed by atoms with van der Waals surface area (Å²) in [6.07, 6.45) is 3.19. The number of ether oxygens (including phenoxy) is 2. The molecule has 1 aliphatic heterocycles. The molecule has 0 atom stereocenters. The molecule has 0 aliphatic carbocycles. The highest BCUT2D eigenvalue weighted by molar-refractivity contribution is 6.13. The van der Waals surface area contributed by atoms with Crippen molar-refractivity contribution in [3.8, 4) is 11.5 Å². The molecular formula is C14H14N2O4. The van der Waals surface area contributed by atoms with Crippen LogP contribution < -0.4 is 20.1 Å². The van der Waals surface area contributed by atoms with Crippen molar-refractivity contribution < 1.29 is 19.1 Å². The van der Waals surface area contributed by atoms with Gasteiger partial charge in [0.2, 0.25) is 0 Å². The number of amides is 3. The Bertz CT molecular complexity index is 593. The summed E-state index contributed by atoms with van der Waals surface area (Å²) >= 11 is 0. The zero-order valence-electron chi connectivity index (χ0n) is 10.9. The van der Waals surface area contributed by atoms with E-state index in [0.29, 0.717) is 23.7 Å². The fraction of sp³-hybridized carbons (Fsp3) is 0.143. The van der Waals surface area contributed by atoms with E-state index >= 15 is 0 Å². The Morgan fingerprint density at radius 1 is 1.25 bits per heavy atom. The highest BCUT2D eigenvalue weighted by Crippen LogP contribution is 2.28. The average Bonchev–Trinajstić information content (AvgIpc) is 2.75. The van der Waals surface area contributed by atoms with Crippen LogP contribution >= 0.6 is 0 Å². The Kier molecular flexibility index (Phi) is 4.05. The minimum atomic E-state index is -0.529. The van der Waals surface area contributed by atoms with E-state index in [2.05, 4.69) is 17.2 Å². The lowest BCUT2D eigenvalue weighted by atomic mass is 10.1. The van der Waals surface area contributed by atoms with Crippen LogP contribution in [0, 0.1) is 0 Å². The topological polar surface area (TPSA) is 76.7 Å². The number of rotatable bonds is 5. The Labute approximate surface area is 116 Å². The quantitative estimate of drug-likeness (QED) is 0.484. The normalized spacial score (nSPS) is 15.8. The number of hydrogen-bond donors (Lipinski definition) is 2. The van der Waals surface area contributed by atoms with Gasteiger partial charge < -0.3 is 14.8 Å². The van der Waals surface area contributed by atoms with Crippen molar-refractivity contribution >= 4 is 18.0 Å². The van der Waals surface area contributed by atoms with Gasteiger partial charge in [0.1, 0.15) is 12.3 Å². The molecule has 104 valence electrons. The van der Waals surface area contributed by atoms with Crippen LogP contribution in [0.25, 0.3) is 6.08 Å². The lowest BCUT2D eigenvalue weighted by Crippen LogP contribution is -2.22. The van der Waals surface area contributed by atoms with Crippen LogP contribution in [-0.2, 0) is 4.79 Å². The van der Waals surface area contributed by atoms with Gasteiger partial charge in [0.25, 0.3) is 5.91 Å². The summed E-state index contributed by atoms with van der Waals surface area (Å²) < 4.78 is 10.6. The van der Waals surface area contributed by atoms with Gasteiger partial charge >= 0.3 is 6.03 Å². The third kappa shape index (κ3) is 2.97. The molecule has 0 spiro atoms. The molecule has 1 aromatic rings. The minimum Gasteiger partial charge on any atom is -0.493 e. The molecule has 0 aromatic heterocycles. The smallest absolute Gasteiger partial charge is 0.326 e. The molecule has 1 aliphatic rings. The second-order valence-electron chi connectivity index (χ2n) is 3.98. The Hall–Kier alpha value is -2.76. The van der Waals surface area contributed by atoms with E-state index in [9.17, 15) is 9.59 Å². The first-order valence-electron chi connectivity index (χ1n) is 5.90. The average molecular weight is 274 g/mol. The van der Waals surface area contributed by atoms with Crippen molar-refractivity contribution in [1.82, 2.24) is 10.6 Å². The summed E-state index contributed by atoms with van der Waals surface area (Å²) in [6, 6.07) is 4.66. The van der Waals surface area contributed by atoms with Gasteiger partial charge in [-0.15, -0.1) is 0 Å². The van der Waals surface area contributed by atoms with Crippen molar-refractivity contribution in [2.24, 2.45) is 0 Å². The van der Waals surface area contributed by atoms with E-state index in [1.165, 1.54) is 7.11 Å². The first kappa shape index (κ1) is 13.7. The van der Waals surface area contributed by atoms with Gasteiger partial charge in [0.05, 0.1) is 7.11 Å². The Morgan fingerprint density at radius 3 is 2.65 bits per heavy atom. The number of hydrogen-bond acceptors (Lipinski definition) is 4. The molecule has 0 unspecified atom stereocenters. The maximum Gasteiger partial charge on any atom is 0.326 e. The number of carbonyl (C=O) groups excluding carboxylic acids is 2. The van der Waals surface area contributed by atoms with Crippen LogP contribution in [0.3, 0.4) is 0 Å². The molecule has 0 bridgehead atoms. The van der Waals surface area contributed by atoms with E-state index in [1.54, 1.807) is 30.4 Å². The molecule has 2 rings (SSSR count). The summed E-state index contributed by atoms with van der Waals surface area (Å²) in [4.78, 5) is 22.4. The Balaban J connectivity index is 2.25. The predicted molar refractivity (Wildman–Crippen MR) is 73.3 cm³/mol. The maximum absolute atomic E-state index is 11.4. The maximum atomic E-state index is 11.4. The second kappa shape index (κ2) is 5.92. The molecular weight excluding hydrogens is 260 g/mol. The van der Waals surface area contributed by atoms with E-state index < -0.39 is 11.9 Å². The van der Waals surface area contributed by atoms with E-state index in [-0.39, 0.29) is 5.70 Å². The molecule has 1 saturated heterocycles. The van der Waals surface area contributed by atoms with Crippen LogP contribution in [0.4, 0.5) is 4.79 Å². The SMILES string of the molecule is C=CCOc1ccc(/C=C2\NC(=O)NC2=O)cc1OC. The monoisotopic (exact) mass is 274 g/mol. The van der Waals surface area contributed by atoms with Crippen LogP contribution in [-0.4, -0.2) is 25.7 Å². The highest BCUT2D eigenvalue weighted by Gasteiger charge is 2.22. The van der Waals surface area contributed by atoms with Crippen LogP contribution in [0.15, 0.2) is 36.6 Å². The number of carbonyl (C=O) groups is 2. The summed E-state index contributed by atoms with van der Waals surface area (Å²) in [5.41, 5.74) is 0.900. The highest BCUT2D eigenvalue weighted by atomic mass is 16.5. The van der Waals surface area contributed by atoms with Crippen molar-refractivity contribution in [2.75, 3.05) is 13.7 Å². The summed E-state index contributed by atoms with van der Waals surface area (Å²) in [5, 5.41) is 4.55. The second-order valence-corrected chi connectivity index (χ2v) is 3.98. The van der Waals surface area contributed by atoms with Crippen LogP contribution in [0.5, 0.6) is 11.5 Å². The third-order valence-electron chi connectivity index (χ3n) is 2.58. The van der Waals surface area contributed by atoms with E-state index in [0.717, 1.165) is 0 Å². The van der Waals surface area contributed by atoms with Gasteiger partial charge in [-0.3, -0.25) is 10.1 Å². The van der Waals surface area contributed by atoms with Gasteiger partial charge in [-0.05, 0) is 23.8 Å². The lowest BCUT2D eigenvalue weighted by molar-refractivity contribution is -0.115. The van der Waals surface area contributed by atoms with E-state index in [1.807, 2.05) is 0 Å². The summed E-state index contributed by atoms with van der Waals surface area (Å²) in [6.45, 7) is 3.94. The molecule has 1 heterocycles. The molecule has 0 saturated carbocycles. The van der Waals surface area contributed by atoms with Gasteiger partial charge in [-0.1, -0.05) is 18.7 Å². The van der Waals surface area contributed by atoms with Gasteiger partial charge in [0.15, 0.2) is 11.5 Å². The fourth-order valence-corrected chi connectivity index (χ4v) is 1.69. The minimum absolute atomic E-state index is 0.191. The Morgan fingerprint density at radius 2 is 2.05 bits per heavy atom. The number of nitrogens with one attached hydrogen (secondary N) is 2. The number of imide groups is 1. The number of methoxy groups -OCH3 is 1. The van der Waals surface area contributed by atoms with Gasteiger partial charge in [-0.25, -0.2) is 4.79 Å². The number of benzene rings is 1. The largest absolute Gasteiger partial charge is 0.493 e. The molecule has 6 nitrogen and oxygen atoms in total. The van der Waals surface area contributed by atoms with Crippen molar-refractivity contribution in [3.63, 3.8) is 0 Å².